The summed E-state index contributed by atoms with van der Waals surface area (Å²) in [7, 11) is 0. The van der Waals surface area contributed by atoms with Crippen molar-refractivity contribution in [3.05, 3.63) is 40.8 Å². The fourth-order valence-corrected chi connectivity index (χ4v) is 3.51. The zero-order chi connectivity index (χ0) is 14.4. The van der Waals surface area contributed by atoms with Crippen LogP contribution in [-0.2, 0) is 12.8 Å². The monoisotopic (exact) mass is 287 g/mol. The third-order valence-corrected chi connectivity index (χ3v) is 4.76. The highest BCUT2D eigenvalue weighted by molar-refractivity contribution is 7.14. The smallest absolute Gasteiger partial charge is 0.0575 e. The highest BCUT2D eigenvalue weighted by Crippen LogP contribution is 2.36. The van der Waals surface area contributed by atoms with Gasteiger partial charge in [0.2, 0.25) is 0 Å². The van der Waals surface area contributed by atoms with E-state index in [2.05, 4.69) is 37.4 Å². The van der Waals surface area contributed by atoms with Gasteiger partial charge in [-0.3, -0.25) is 0 Å². The molecule has 0 unspecified atom stereocenters. The average Bonchev–Trinajstić information content (AvgIpc) is 2.89. The van der Waals surface area contributed by atoms with Gasteiger partial charge in [-0.25, -0.2) is 0 Å². The van der Waals surface area contributed by atoms with E-state index in [0.717, 1.165) is 5.69 Å². The van der Waals surface area contributed by atoms with Crippen molar-refractivity contribution < 1.29 is 0 Å². The normalized spacial score (nSPS) is 10.9. The third kappa shape index (κ3) is 3.43. The molecule has 1 nitrogen and oxygen atoms in total. The van der Waals surface area contributed by atoms with Crippen LogP contribution in [0.3, 0.4) is 0 Å². The predicted octanol–water partition coefficient (Wildman–Crippen LogP) is 5.68. The molecule has 0 fully saturated rings. The van der Waals surface area contributed by atoms with Gasteiger partial charge in [-0.15, -0.1) is 11.3 Å². The molecule has 1 heterocycles. The topological polar surface area (TPSA) is 26.0 Å². The Bertz CT molecular complexity index is 542. The number of benzene rings is 1. The first-order chi connectivity index (χ1) is 9.77. The molecule has 0 spiro atoms. The van der Waals surface area contributed by atoms with Gasteiger partial charge in [0.15, 0.2) is 0 Å². The van der Waals surface area contributed by atoms with E-state index in [1.54, 1.807) is 11.3 Å². The first-order valence-corrected chi connectivity index (χ1v) is 8.60. The summed E-state index contributed by atoms with van der Waals surface area (Å²) in [6, 6.07) is 8.74. The number of nitrogen functional groups attached to an aromatic ring is 1. The number of hydrogen-bond acceptors (Lipinski definition) is 2. The van der Waals surface area contributed by atoms with Gasteiger partial charge in [-0.05, 0) is 53.8 Å². The van der Waals surface area contributed by atoms with Crippen LogP contribution in [0.5, 0.6) is 0 Å². The fourth-order valence-electron chi connectivity index (χ4n) is 2.64. The number of hydrogen-bond donors (Lipinski definition) is 1. The van der Waals surface area contributed by atoms with Crippen molar-refractivity contribution in [3.8, 4) is 10.4 Å². The maximum Gasteiger partial charge on any atom is 0.0575 e. The zero-order valence-corrected chi connectivity index (χ0v) is 13.4. The molecule has 20 heavy (non-hydrogen) atoms. The van der Waals surface area contributed by atoms with Crippen molar-refractivity contribution in [3.63, 3.8) is 0 Å². The molecule has 2 rings (SSSR count). The van der Waals surface area contributed by atoms with Crippen molar-refractivity contribution in [2.75, 3.05) is 5.73 Å². The van der Waals surface area contributed by atoms with Crippen LogP contribution in [0.2, 0.25) is 0 Å². The Morgan fingerprint density at radius 1 is 1.00 bits per heavy atom. The number of thiophene rings is 1. The molecule has 1 aromatic heterocycles. The average molecular weight is 287 g/mol. The maximum absolute atomic E-state index is 6.13. The predicted molar refractivity (Wildman–Crippen MR) is 91.4 cm³/mol. The molecule has 1 aromatic carbocycles. The Balaban J connectivity index is 2.41. The van der Waals surface area contributed by atoms with Gasteiger partial charge in [0, 0.05) is 0 Å². The molecule has 0 aliphatic rings. The third-order valence-electron chi connectivity index (χ3n) is 3.79. The molecular formula is C18H25NS. The van der Waals surface area contributed by atoms with Crippen LogP contribution in [0.4, 0.5) is 5.69 Å². The van der Waals surface area contributed by atoms with E-state index >= 15 is 0 Å². The van der Waals surface area contributed by atoms with Crippen molar-refractivity contribution in [1.29, 1.82) is 0 Å². The SMILES string of the molecule is CCCCc1cccc(-c2sccc2N)c1CCCC. The number of nitrogens with two attached hydrogens (primary N) is 1. The second kappa shape index (κ2) is 7.49. The Morgan fingerprint density at radius 2 is 1.75 bits per heavy atom. The Labute approximate surface area is 126 Å². The van der Waals surface area contributed by atoms with E-state index < -0.39 is 0 Å². The minimum atomic E-state index is 0.917. The van der Waals surface area contributed by atoms with Crippen LogP contribution in [-0.4, -0.2) is 0 Å². The Hall–Kier alpha value is -1.28. The van der Waals surface area contributed by atoms with Crippen LogP contribution >= 0.6 is 11.3 Å². The van der Waals surface area contributed by atoms with Crippen molar-refractivity contribution >= 4 is 17.0 Å². The number of aryl methyl sites for hydroxylation is 1. The van der Waals surface area contributed by atoms with E-state index in [4.69, 9.17) is 5.73 Å². The standard InChI is InChI=1S/C18H25NS/c1-3-5-8-14-9-7-11-16(15(14)10-6-4-2)18-17(19)12-13-20-18/h7,9,11-13H,3-6,8,10,19H2,1-2H3. The quantitative estimate of drug-likeness (QED) is 0.696. The fraction of sp³-hybridized carbons (Fsp3) is 0.444. The summed E-state index contributed by atoms with van der Waals surface area (Å²) in [5.41, 5.74) is 11.5. The maximum atomic E-state index is 6.13. The van der Waals surface area contributed by atoms with E-state index in [0.29, 0.717) is 0 Å². The summed E-state index contributed by atoms with van der Waals surface area (Å²) in [5.74, 6) is 0. The number of anilines is 1. The summed E-state index contributed by atoms with van der Waals surface area (Å²) >= 11 is 1.76. The van der Waals surface area contributed by atoms with Gasteiger partial charge in [-0.2, -0.15) is 0 Å². The van der Waals surface area contributed by atoms with Gasteiger partial charge >= 0.3 is 0 Å². The second-order valence-corrected chi connectivity index (χ2v) is 6.27. The van der Waals surface area contributed by atoms with Gasteiger partial charge < -0.3 is 5.73 Å². The lowest BCUT2D eigenvalue weighted by Gasteiger charge is -2.14. The summed E-state index contributed by atoms with van der Waals surface area (Å²) in [5, 5.41) is 2.09. The molecule has 0 aliphatic heterocycles. The molecule has 0 amide bonds. The lowest BCUT2D eigenvalue weighted by Crippen LogP contribution is -1.99. The Kier molecular flexibility index (Phi) is 5.66. The molecule has 0 atom stereocenters. The molecule has 0 bridgehead atoms. The van der Waals surface area contributed by atoms with E-state index in [9.17, 15) is 0 Å². The molecule has 2 N–H and O–H groups in total. The Morgan fingerprint density at radius 3 is 2.40 bits per heavy atom. The molecular weight excluding hydrogens is 262 g/mol. The molecule has 0 aliphatic carbocycles. The second-order valence-electron chi connectivity index (χ2n) is 5.36. The van der Waals surface area contributed by atoms with E-state index in [1.807, 2.05) is 6.07 Å². The van der Waals surface area contributed by atoms with Crippen LogP contribution in [0.15, 0.2) is 29.6 Å². The summed E-state index contributed by atoms with van der Waals surface area (Å²) in [4.78, 5) is 1.24. The lowest BCUT2D eigenvalue weighted by molar-refractivity contribution is 0.759. The van der Waals surface area contributed by atoms with Crippen molar-refractivity contribution in [2.24, 2.45) is 0 Å². The summed E-state index contributed by atoms with van der Waals surface area (Å²) in [6.07, 6.45) is 7.36. The summed E-state index contributed by atoms with van der Waals surface area (Å²) in [6.45, 7) is 4.51. The number of unbranched alkanes of at least 4 members (excludes halogenated alkanes) is 2. The minimum absolute atomic E-state index is 0.917. The highest BCUT2D eigenvalue weighted by Gasteiger charge is 2.12. The first-order valence-electron chi connectivity index (χ1n) is 7.72. The van der Waals surface area contributed by atoms with Gasteiger partial charge in [-0.1, -0.05) is 44.9 Å². The van der Waals surface area contributed by atoms with Gasteiger partial charge in [0.05, 0.1) is 10.6 Å². The minimum Gasteiger partial charge on any atom is -0.398 e. The van der Waals surface area contributed by atoms with Crippen LogP contribution in [0.25, 0.3) is 10.4 Å². The van der Waals surface area contributed by atoms with Crippen LogP contribution in [0.1, 0.15) is 50.7 Å². The van der Waals surface area contributed by atoms with Gasteiger partial charge in [0.25, 0.3) is 0 Å². The van der Waals surface area contributed by atoms with Gasteiger partial charge in [0.1, 0.15) is 0 Å². The van der Waals surface area contributed by atoms with E-state index in [-0.39, 0.29) is 0 Å². The van der Waals surface area contributed by atoms with E-state index in [1.165, 1.54) is 60.1 Å². The molecule has 2 aromatic rings. The van der Waals surface area contributed by atoms with Crippen molar-refractivity contribution in [2.45, 2.75) is 52.4 Å². The van der Waals surface area contributed by atoms with Crippen molar-refractivity contribution in [1.82, 2.24) is 0 Å². The summed E-state index contributed by atoms with van der Waals surface area (Å²) < 4.78 is 0. The van der Waals surface area contributed by atoms with Crippen LogP contribution < -0.4 is 5.73 Å². The molecule has 108 valence electrons. The van der Waals surface area contributed by atoms with Crippen LogP contribution in [0, 0.1) is 0 Å². The molecule has 2 heteroatoms. The molecule has 0 saturated heterocycles. The zero-order valence-electron chi connectivity index (χ0n) is 12.6. The molecule has 0 saturated carbocycles. The number of rotatable bonds is 7. The first kappa shape index (κ1) is 15.1. The highest BCUT2D eigenvalue weighted by atomic mass is 32.1. The molecule has 0 radical (unpaired) electrons. The largest absolute Gasteiger partial charge is 0.398 e. The lowest BCUT2D eigenvalue weighted by atomic mass is 9.92.